The van der Waals surface area contributed by atoms with Crippen LogP contribution in [0.4, 0.5) is 0 Å². The van der Waals surface area contributed by atoms with Crippen LogP contribution >= 0.6 is 24.8 Å². The summed E-state index contributed by atoms with van der Waals surface area (Å²) in [6.07, 6.45) is 8.87. The molecule has 1 saturated heterocycles. The zero-order valence-corrected chi connectivity index (χ0v) is 22.8. The Morgan fingerprint density at radius 3 is 2.53 bits per heavy atom. The number of hydrogen-bond donors (Lipinski definition) is 1. The first-order chi connectivity index (χ1) is 16.5. The van der Waals surface area contributed by atoms with Crippen LogP contribution in [-0.4, -0.2) is 53.7 Å². The van der Waals surface area contributed by atoms with Crippen LogP contribution in [0.15, 0.2) is 39.8 Å². The predicted molar refractivity (Wildman–Crippen MR) is 147 cm³/mol. The summed E-state index contributed by atoms with van der Waals surface area (Å²) in [4.78, 5) is 18.7. The first kappa shape index (κ1) is 28.5. The monoisotopic (exact) mass is 536 g/mol. The lowest BCUT2D eigenvalue weighted by atomic mass is 9.91. The number of nitrogens with one attached hydrogen (secondary N) is 1. The molecule has 5 rings (SSSR count). The van der Waals surface area contributed by atoms with Crippen LogP contribution < -0.4 is 10.3 Å². The molecule has 0 spiro atoms. The number of likely N-dealkylation sites (tertiary alicyclic amines) is 1. The van der Waals surface area contributed by atoms with Gasteiger partial charge in [0, 0.05) is 30.7 Å². The number of fused-ring (bicyclic) bond motifs is 1. The third-order valence-electron chi connectivity index (χ3n) is 7.17. The lowest BCUT2D eigenvalue weighted by Gasteiger charge is -2.31. The highest BCUT2D eigenvalue weighted by atomic mass is 35.5. The van der Waals surface area contributed by atoms with E-state index in [1.54, 1.807) is 6.07 Å². The smallest absolute Gasteiger partial charge is 0.247 e. The van der Waals surface area contributed by atoms with Crippen LogP contribution in [0.2, 0.25) is 0 Å². The van der Waals surface area contributed by atoms with Crippen molar-refractivity contribution in [2.75, 3.05) is 33.8 Å². The van der Waals surface area contributed by atoms with Gasteiger partial charge in [0.05, 0.1) is 17.9 Å². The van der Waals surface area contributed by atoms with E-state index in [2.05, 4.69) is 46.2 Å². The Morgan fingerprint density at radius 2 is 1.86 bits per heavy atom. The summed E-state index contributed by atoms with van der Waals surface area (Å²) in [5.41, 5.74) is 4.18. The van der Waals surface area contributed by atoms with Crippen LogP contribution in [0.5, 0.6) is 5.75 Å². The van der Waals surface area contributed by atoms with Gasteiger partial charge in [-0.25, -0.2) is 0 Å². The maximum absolute atomic E-state index is 11.3. The lowest BCUT2D eigenvalue weighted by Crippen LogP contribution is -2.33. The second-order valence-corrected chi connectivity index (χ2v) is 10.4. The molecule has 0 unspecified atom stereocenters. The molecule has 1 N–H and O–H groups in total. The fourth-order valence-corrected chi connectivity index (χ4v) is 4.94. The fourth-order valence-electron chi connectivity index (χ4n) is 4.94. The Labute approximate surface area is 225 Å². The van der Waals surface area contributed by atoms with Crippen molar-refractivity contribution < 1.29 is 9.26 Å². The quantitative estimate of drug-likeness (QED) is 0.390. The number of hydrogen-bond acceptors (Lipinski definition) is 6. The number of pyridine rings is 1. The second kappa shape index (κ2) is 13.0. The van der Waals surface area contributed by atoms with Crippen molar-refractivity contribution >= 4 is 35.8 Å². The van der Waals surface area contributed by atoms with E-state index in [4.69, 9.17) is 9.26 Å². The minimum absolute atomic E-state index is 0. The molecule has 0 amide bonds. The molecule has 3 heterocycles. The van der Waals surface area contributed by atoms with E-state index in [0.717, 1.165) is 79.5 Å². The van der Waals surface area contributed by atoms with Gasteiger partial charge in [0.15, 0.2) is 5.58 Å². The summed E-state index contributed by atoms with van der Waals surface area (Å²) >= 11 is 0. The number of ether oxygens (including phenoxy) is 1. The van der Waals surface area contributed by atoms with Crippen molar-refractivity contribution in [3.63, 3.8) is 0 Å². The highest BCUT2D eigenvalue weighted by Gasteiger charge is 2.24. The molecule has 2 fully saturated rings. The van der Waals surface area contributed by atoms with Crippen LogP contribution in [-0.2, 0) is 19.5 Å². The topological polar surface area (TPSA) is 74.6 Å². The van der Waals surface area contributed by atoms with E-state index in [0.29, 0.717) is 5.92 Å². The van der Waals surface area contributed by atoms with Crippen molar-refractivity contribution in [1.29, 1.82) is 0 Å². The van der Waals surface area contributed by atoms with Crippen molar-refractivity contribution in [2.45, 2.75) is 51.6 Å². The molecule has 36 heavy (non-hydrogen) atoms. The number of aromatic amines is 1. The fraction of sp³-hybridized carbons (Fsp3) is 0.556. The number of aryl methyl sites for hydroxylation is 1. The maximum atomic E-state index is 11.3. The normalized spacial score (nSPS) is 16.6. The standard InChI is InChI=1S/C27H36N4O3.2ClH/c1-30(2)17-23-25(33-18-20-3-4-20)9-7-22-24(29-34-27(22)23)8-5-19-11-13-31(14-12-19)16-21-6-10-26(32)28-15-21;;/h6-7,9-10,15,19-20H,3-5,8,11-14,16-18H2,1-2H3,(H,28,32);2*1H. The number of aromatic nitrogens is 2. The Morgan fingerprint density at radius 1 is 1.08 bits per heavy atom. The zero-order valence-electron chi connectivity index (χ0n) is 21.2. The van der Waals surface area contributed by atoms with Gasteiger partial charge >= 0.3 is 0 Å². The minimum Gasteiger partial charge on any atom is -0.493 e. The minimum atomic E-state index is -0.0429. The third kappa shape index (κ3) is 7.25. The summed E-state index contributed by atoms with van der Waals surface area (Å²) < 4.78 is 12.0. The van der Waals surface area contributed by atoms with Gasteiger partial charge in [-0.1, -0.05) is 11.2 Å². The summed E-state index contributed by atoms with van der Waals surface area (Å²) in [5, 5.41) is 5.62. The molecule has 7 nitrogen and oxygen atoms in total. The van der Waals surface area contributed by atoms with Gasteiger partial charge in [-0.2, -0.15) is 0 Å². The van der Waals surface area contributed by atoms with Gasteiger partial charge in [0.2, 0.25) is 5.56 Å². The molecule has 1 saturated carbocycles. The van der Waals surface area contributed by atoms with Crippen molar-refractivity contribution in [3.05, 3.63) is 57.6 Å². The Balaban J connectivity index is 0.00000180. The molecule has 3 aromatic rings. The van der Waals surface area contributed by atoms with E-state index in [1.165, 1.54) is 31.2 Å². The van der Waals surface area contributed by atoms with Crippen LogP contribution in [0.3, 0.4) is 0 Å². The van der Waals surface area contributed by atoms with Gasteiger partial charge in [0.1, 0.15) is 5.75 Å². The molecule has 1 aromatic carbocycles. The summed E-state index contributed by atoms with van der Waals surface area (Å²) in [6.45, 7) is 4.67. The van der Waals surface area contributed by atoms with Crippen LogP contribution in [0, 0.1) is 11.8 Å². The molecular formula is C27H38Cl2N4O3. The molecule has 198 valence electrons. The third-order valence-corrected chi connectivity index (χ3v) is 7.17. The highest BCUT2D eigenvalue weighted by Crippen LogP contribution is 2.35. The molecule has 2 aliphatic rings. The molecular weight excluding hydrogens is 499 g/mol. The van der Waals surface area contributed by atoms with Crippen LogP contribution in [0.25, 0.3) is 11.0 Å². The first-order valence-electron chi connectivity index (χ1n) is 12.6. The van der Waals surface area contributed by atoms with Gasteiger partial charge < -0.3 is 19.1 Å². The summed E-state index contributed by atoms with van der Waals surface area (Å²) in [5.74, 6) is 2.36. The Hall–Kier alpha value is -2.06. The van der Waals surface area contributed by atoms with E-state index in [-0.39, 0.29) is 30.4 Å². The number of benzene rings is 1. The number of piperidine rings is 1. The molecule has 2 aromatic heterocycles. The molecule has 0 atom stereocenters. The average Bonchev–Trinajstić information content (AvgIpc) is 3.57. The largest absolute Gasteiger partial charge is 0.493 e. The maximum Gasteiger partial charge on any atom is 0.247 e. The Kier molecular flexibility index (Phi) is 10.3. The summed E-state index contributed by atoms with van der Waals surface area (Å²) in [6, 6.07) is 7.78. The van der Waals surface area contributed by atoms with Crippen molar-refractivity contribution in [1.82, 2.24) is 19.9 Å². The van der Waals surface area contributed by atoms with Gasteiger partial charge in [-0.15, -0.1) is 24.8 Å². The molecule has 0 radical (unpaired) electrons. The molecule has 1 aliphatic heterocycles. The predicted octanol–water partition coefficient (Wildman–Crippen LogP) is 5.05. The number of H-pyrrole nitrogens is 1. The van der Waals surface area contributed by atoms with E-state index >= 15 is 0 Å². The van der Waals surface area contributed by atoms with Crippen molar-refractivity contribution in [2.24, 2.45) is 11.8 Å². The van der Waals surface area contributed by atoms with E-state index in [9.17, 15) is 4.79 Å². The Bertz CT molecular complexity index is 1150. The number of nitrogens with zero attached hydrogens (tertiary/aromatic N) is 3. The second-order valence-electron chi connectivity index (χ2n) is 10.4. The van der Waals surface area contributed by atoms with Gasteiger partial charge in [0.25, 0.3) is 0 Å². The van der Waals surface area contributed by atoms with Gasteiger partial charge in [-0.05, 0) is 95.2 Å². The van der Waals surface area contributed by atoms with E-state index < -0.39 is 0 Å². The molecule has 0 bridgehead atoms. The highest BCUT2D eigenvalue weighted by molar-refractivity contribution is 5.86. The molecule has 1 aliphatic carbocycles. The lowest BCUT2D eigenvalue weighted by molar-refractivity contribution is 0.172. The van der Waals surface area contributed by atoms with Crippen LogP contribution in [0.1, 0.15) is 48.9 Å². The average molecular weight is 538 g/mol. The number of halogens is 2. The molecule has 9 heteroatoms. The SMILES string of the molecule is CN(C)Cc1c(OCC2CC2)ccc2c(CCC3CCN(Cc4ccc(=O)[nH]c4)CC3)noc12.Cl.Cl. The summed E-state index contributed by atoms with van der Waals surface area (Å²) in [7, 11) is 4.15. The van der Waals surface area contributed by atoms with Gasteiger partial charge in [-0.3, -0.25) is 9.69 Å². The zero-order chi connectivity index (χ0) is 23.5. The van der Waals surface area contributed by atoms with E-state index in [1.807, 2.05) is 12.3 Å². The number of rotatable bonds is 10. The van der Waals surface area contributed by atoms with Crippen molar-refractivity contribution in [3.8, 4) is 5.75 Å². The first-order valence-corrected chi connectivity index (χ1v) is 12.6.